The first-order valence-corrected chi connectivity index (χ1v) is 14.7. The molecular weight excluding hydrogens is 606 g/mol. The molecule has 5 rings (SSSR count). The van der Waals surface area contributed by atoms with Crippen LogP contribution in [0.3, 0.4) is 0 Å². The van der Waals surface area contributed by atoms with Gasteiger partial charge in [0.25, 0.3) is 5.78 Å². The highest BCUT2D eigenvalue weighted by Gasteiger charge is 2.45. The van der Waals surface area contributed by atoms with Gasteiger partial charge < -0.3 is 15.4 Å². The fourth-order valence-electron chi connectivity index (χ4n) is 5.92. The van der Waals surface area contributed by atoms with Gasteiger partial charge in [0, 0.05) is 31.7 Å². The average molecular weight is 641 g/mol. The molecule has 2 fully saturated rings. The second kappa shape index (κ2) is 12.5. The standard InChI is InChI=1S/C30H34F6N6O3/c1-28(2,31)24-21(13-19-12-20(30(34,35)36)14-37-25(19)43)41-42-15-22(38-26(42)40-24)23(18-8-10-29(32,33)11-9-18)39-27(44)45-16-17-6-4-3-5-7-17/h3-7,15,18-20,23H,8-14,16H2,1-2H3,(H,37,43)(H,39,44)/t19-,20+,23+/m1/s1. The summed E-state index contributed by atoms with van der Waals surface area (Å²) in [5.41, 5.74) is -1.36. The molecule has 1 saturated heterocycles. The third kappa shape index (κ3) is 7.85. The van der Waals surface area contributed by atoms with E-state index in [4.69, 9.17) is 4.74 Å². The van der Waals surface area contributed by atoms with Crippen LogP contribution in [0.1, 0.15) is 74.6 Å². The number of fused-ring (bicyclic) bond motifs is 1. The maximum absolute atomic E-state index is 15.4. The molecule has 0 spiro atoms. The molecule has 0 radical (unpaired) electrons. The van der Waals surface area contributed by atoms with Crippen molar-refractivity contribution in [2.75, 3.05) is 6.54 Å². The van der Waals surface area contributed by atoms with E-state index in [-0.39, 0.29) is 61.6 Å². The minimum absolute atomic E-state index is 0.0222. The molecule has 2 N–H and O–H groups in total. The summed E-state index contributed by atoms with van der Waals surface area (Å²) < 4.78 is 90.3. The van der Waals surface area contributed by atoms with Crippen molar-refractivity contribution in [3.8, 4) is 0 Å². The number of nitrogens with one attached hydrogen (secondary N) is 2. The molecule has 1 saturated carbocycles. The summed E-state index contributed by atoms with van der Waals surface area (Å²) in [7, 11) is 0. The van der Waals surface area contributed by atoms with E-state index in [1.165, 1.54) is 24.6 Å². The summed E-state index contributed by atoms with van der Waals surface area (Å²) in [4.78, 5) is 34.2. The van der Waals surface area contributed by atoms with E-state index < -0.39 is 66.5 Å². The minimum Gasteiger partial charge on any atom is -0.445 e. The van der Waals surface area contributed by atoms with Crippen LogP contribution in [0, 0.1) is 17.8 Å². The lowest BCUT2D eigenvalue weighted by molar-refractivity contribution is -0.183. The monoisotopic (exact) mass is 640 g/mol. The SMILES string of the molecule is CC(C)(F)c1nc2nc([C@@H](NC(=O)OCc3ccccc3)C3CCC(F)(F)CC3)cn2nc1C[C@H]1C[C@H](C(F)(F)F)CNC1=O. The number of rotatable bonds is 8. The molecule has 1 aliphatic heterocycles. The first kappa shape index (κ1) is 32.5. The van der Waals surface area contributed by atoms with Crippen molar-refractivity contribution in [2.45, 2.75) is 82.8 Å². The maximum atomic E-state index is 15.4. The van der Waals surface area contributed by atoms with Crippen molar-refractivity contribution in [1.82, 2.24) is 30.2 Å². The van der Waals surface area contributed by atoms with Gasteiger partial charge in [-0.25, -0.2) is 32.4 Å². The first-order valence-electron chi connectivity index (χ1n) is 14.7. The Balaban J connectivity index is 1.44. The third-order valence-electron chi connectivity index (χ3n) is 8.37. The largest absolute Gasteiger partial charge is 0.445 e. The molecule has 2 aromatic heterocycles. The number of carbonyl (C=O) groups excluding carboxylic acids is 2. The Morgan fingerprint density at radius 3 is 2.47 bits per heavy atom. The highest BCUT2D eigenvalue weighted by atomic mass is 19.4. The van der Waals surface area contributed by atoms with E-state index in [0.717, 1.165) is 5.56 Å². The first-order chi connectivity index (χ1) is 21.1. The van der Waals surface area contributed by atoms with Crippen LogP contribution in [-0.4, -0.2) is 50.2 Å². The molecule has 9 nitrogen and oxygen atoms in total. The summed E-state index contributed by atoms with van der Waals surface area (Å²) in [5.74, 6) is -6.82. The smallest absolute Gasteiger partial charge is 0.408 e. The number of aromatic nitrogens is 4. The normalized spacial score (nSPS) is 21.7. The number of hydrogen-bond donors (Lipinski definition) is 2. The molecule has 3 atom stereocenters. The molecule has 2 amide bonds. The van der Waals surface area contributed by atoms with Gasteiger partial charge in [0.2, 0.25) is 11.8 Å². The molecule has 3 heterocycles. The van der Waals surface area contributed by atoms with Crippen LogP contribution in [0.2, 0.25) is 0 Å². The zero-order valence-corrected chi connectivity index (χ0v) is 24.7. The molecule has 244 valence electrons. The number of ether oxygens (including phenoxy) is 1. The van der Waals surface area contributed by atoms with E-state index >= 15 is 4.39 Å². The molecule has 45 heavy (non-hydrogen) atoms. The lowest BCUT2D eigenvalue weighted by Crippen LogP contribution is -2.47. The van der Waals surface area contributed by atoms with Crippen LogP contribution < -0.4 is 10.6 Å². The van der Waals surface area contributed by atoms with E-state index in [9.17, 15) is 31.5 Å². The number of benzene rings is 1. The van der Waals surface area contributed by atoms with Gasteiger partial charge in [-0.1, -0.05) is 30.3 Å². The van der Waals surface area contributed by atoms with Gasteiger partial charge in [-0.15, -0.1) is 0 Å². The number of hydrogen-bond acceptors (Lipinski definition) is 6. The Morgan fingerprint density at radius 2 is 1.82 bits per heavy atom. The summed E-state index contributed by atoms with van der Waals surface area (Å²) in [6.45, 7) is 1.84. The Bertz CT molecular complexity index is 1510. The predicted octanol–water partition coefficient (Wildman–Crippen LogP) is 5.98. The quantitative estimate of drug-likeness (QED) is 0.293. The van der Waals surface area contributed by atoms with E-state index in [2.05, 4.69) is 25.7 Å². The number of carbonyl (C=O) groups is 2. The summed E-state index contributed by atoms with van der Waals surface area (Å²) in [6, 6.07) is 8.05. The number of nitrogens with zero attached hydrogens (tertiary/aromatic N) is 4. The van der Waals surface area contributed by atoms with Gasteiger partial charge in [0.1, 0.15) is 18.0 Å². The van der Waals surface area contributed by atoms with Gasteiger partial charge in [-0.05, 0) is 44.6 Å². The lowest BCUT2D eigenvalue weighted by Gasteiger charge is -2.33. The van der Waals surface area contributed by atoms with Crippen LogP contribution in [0.4, 0.5) is 31.1 Å². The van der Waals surface area contributed by atoms with Gasteiger partial charge in [0.05, 0.1) is 29.5 Å². The number of amides is 2. The van der Waals surface area contributed by atoms with Crippen LogP contribution in [-0.2, 0) is 28.2 Å². The van der Waals surface area contributed by atoms with Crippen molar-refractivity contribution < 1.29 is 40.7 Å². The summed E-state index contributed by atoms with van der Waals surface area (Å²) >= 11 is 0. The highest BCUT2D eigenvalue weighted by Crippen LogP contribution is 2.41. The molecular formula is C30H34F6N6O3. The van der Waals surface area contributed by atoms with Gasteiger partial charge in [-0.3, -0.25) is 4.79 Å². The van der Waals surface area contributed by atoms with Gasteiger partial charge >= 0.3 is 12.3 Å². The Morgan fingerprint density at radius 1 is 1.13 bits per heavy atom. The second-order valence-electron chi connectivity index (χ2n) is 12.3. The van der Waals surface area contributed by atoms with Gasteiger partial charge in [-0.2, -0.15) is 18.3 Å². The molecule has 1 aromatic carbocycles. The Hall–Kier alpha value is -3.91. The third-order valence-corrected chi connectivity index (χ3v) is 8.37. The number of alkyl carbamates (subject to hydrolysis) is 1. The maximum Gasteiger partial charge on any atom is 0.408 e. The number of alkyl halides is 6. The molecule has 2 aliphatic rings. The van der Waals surface area contributed by atoms with Crippen molar-refractivity contribution in [1.29, 1.82) is 0 Å². The number of imidazole rings is 1. The molecule has 0 bridgehead atoms. The van der Waals surface area contributed by atoms with E-state index in [0.29, 0.717) is 0 Å². The molecule has 15 heteroatoms. The van der Waals surface area contributed by atoms with Crippen molar-refractivity contribution >= 4 is 17.8 Å². The highest BCUT2D eigenvalue weighted by molar-refractivity contribution is 5.79. The molecule has 0 unspecified atom stereocenters. The van der Waals surface area contributed by atoms with Crippen LogP contribution in [0.25, 0.3) is 5.78 Å². The molecule has 3 aromatic rings. The predicted molar refractivity (Wildman–Crippen MR) is 149 cm³/mol. The topological polar surface area (TPSA) is 111 Å². The van der Waals surface area contributed by atoms with E-state index in [1.54, 1.807) is 24.3 Å². The van der Waals surface area contributed by atoms with Crippen molar-refractivity contribution in [3.05, 3.63) is 59.2 Å². The summed E-state index contributed by atoms with van der Waals surface area (Å²) in [6.07, 6.45) is -5.30. The minimum atomic E-state index is -4.52. The average Bonchev–Trinajstić information content (AvgIpc) is 3.38. The van der Waals surface area contributed by atoms with Crippen LogP contribution in [0.15, 0.2) is 36.5 Å². The fraction of sp³-hybridized carbons (Fsp3) is 0.567. The van der Waals surface area contributed by atoms with Crippen molar-refractivity contribution in [2.24, 2.45) is 17.8 Å². The van der Waals surface area contributed by atoms with E-state index in [1.807, 2.05) is 6.07 Å². The van der Waals surface area contributed by atoms with Crippen molar-refractivity contribution in [3.63, 3.8) is 0 Å². The van der Waals surface area contributed by atoms with Crippen LogP contribution in [0.5, 0.6) is 0 Å². The zero-order valence-electron chi connectivity index (χ0n) is 24.7. The summed E-state index contributed by atoms with van der Waals surface area (Å²) in [5, 5.41) is 9.43. The Labute approximate surface area is 255 Å². The molecule has 1 aliphatic carbocycles. The Kier molecular flexibility index (Phi) is 9.00. The van der Waals surface area contributed by atoms with Crippen LogP contribution >= 0.6 is 0 Å². The number of piperidine rings is 1. The number of halogens is 6. The lowest BCUT2D eigenvalue weighted by atomic mass is 9.81. The fourth-order valence-corrected chi connectivity index (χ4v) is 5.92. The van der Waals surface area contributed by atoms with Gasteiger partial charge in [0.15, 0.2) is 0 Å². The second-order valence-corrected chi connectivity index (χ2v) is 12.3. The zero-order chi connectivity index (χ0) is 32.6.